The Balaban J connectivity index is 1.59. The van der Waals surface area contributed by atoms with Crippen LogP contribution in [0.5, 0.6) is 0 Å². The Morgan fingerprint density at radius 3 is 2.79 bits per heavy atom. The van der Waals surface area contributed by atoms with E-state index in [1.807, 2.05) is 10.8 Å². The Kier molecular flexibility index (Phi) is 4.95. The van der Waals surface area contributed by atoms with Gasteiger partial charge in [-0.25, -0.2) is 18.7 Å². The Hall–Kier alpha value is -2.61. The third-order valence-electron chi connectivity index (χ3n) is 3.35. The van der Waals surface area contributed by atoms with Crippen LogP contribution in [0.1, 0.15) is 16.9 Å². The van der Waals surface area contributed by atoms with Gasteiger partial charge in [-0.15, -0.1) is 11.3 Å². The summed E-state index contributed by atoms with van der Waals surface area (Å²) in [5.74, 6) is -1.76. The number of imidazole rings is 1. The van der Waals surface area contributed by atoms with Crippen molar-refractivity contribution in [1.29, 1.82) is 0 Å². The lowest BCUT2D eigenvalue weighted by molar-refractivity contribution is 0.0948. The van der Waals surface area contributed by atoms with Crippen LogP contribution in [0.4, 0.5) is 8.78 Å². The molecule has 0 spiro atoms. The minimum absolute atomic E-state index is 0.147. The molecule has 8 heteroatoms. The number of hydrogen-bond donors (Lipinski definition) is 1. The number of nitrogens with one attached hydrogen (secondary N) is 1. The van der Waals surface area contributed by atoms with Crippen molar-refractivity contribution in [3.8, 4) is 10.6 Å². The lowest BCUT2D eigenvalue weighted by Crippen LogP contribution is -2.25. The Morgan fingerprint density at radius 2 is 2.08 bits per heavy atom. The van der Waals surface area contributed by atoms with Gasteiger partial charge in [0.2, 0.25) is 0 Å². The monoisotopic (exact) mass is 348 g/mol. The van der Waals surface area contributed by atoms with E-state index in [4.69, 9.17) is 0 Å². The van der Waals surface area contributed by atoms with Gasteiger partial charge in [0.05, 0.1) is 11.9 Å². The number of aromatic nitrogens is 3. The first-order valence-electron chi connectivity index (χ1n) is 7.29. The summed E-state index contributed by atoms with van der Waals surface area (Å²) in [6.07, 6.45) is 5.98. The van der Waals surface area contributed by atoms with Gasteiger partial charge >= 0.3 is 0 Å². The van der Waals surface area contributed by atoms with Crippen LogP contribution in [-0.4, -0.2) is 27.0 Å². The van der Waals surface area contributed by atoms with Gasteiger partial charge in [-0.05, 0) is 18.6 Å². The minimum Gasteiger partial charge on any atom is -0.351 e. The summed E-state index contributed by atoms with van der Waals surface area (Å²) in [7, 11) is 0. The molecule has 2 aromatic heterocycles. The summed E-state index contributed by atoms with van der Waals surface area (Å²) in [6, 6.07) is 3.61. The van der Waals surface area contributed by atoms with Crippen LogP contribution in [0.3, 0.4) is 0 Å². The molecule has 5 nitrogen and oxygen atoms in total. The van der Waals surface area contributed by atoms with E-state index < -0.39 is 11.6 Å². The predicted molar refractivity (Wildman–Crippen MR) is 86.6 cm³/mol. The molecule has 0 unspecified atom stereocenters. The molecule has 0 aliphatic heterocycles. The van der Waals surface area contributed by atoms with Gasteiger partial charge in [-0.3, -0.25) is 4.79 Å². The molecule has 0 aliphatic carbocycles. The number of benzene rings is 1. The minimum atomic E-state index is -0.698. The van der Waals surface area contributed by atoms with Crippen molar-refractivity contribution in [2.24, 2.45) is 0 Å². The van der Waals surface area contributed by atoms with Crippen molar-refractivity contribution in [2.45, 2.75) is 13.0 Å². The van der Waals surface area contributed by atoms with E-state index in [9.17, 15) is 13.6 Å². The zero-order chi connectivity index (χ0) is 16.9. The fourth-order valence-electron chi connectivity index (χ4n) is 2.17. The largest absolute Gasteiger partial charge is 0.351 e. The summed E-state index contributed by atoms with van der Waals surface area (Å²) in [5.41, 5.74) is -0.0538. The van der Waals surface area contributed by atoms with E-state index in [0.717, 1.165) is 36.4 Å². The third-order valence-corrected chi connectivity index (χ3v) is 4.21. The quantitative estimate of drug-likeness (QED) is 0.697. The van der Waals surface area contributed by atoms with Gasteiger partial charge in [-0.1, -0.05) is 6.07 Å². The molecule has 24 heavy (non-hydrogen) atoms. The number of hydrogen-bond acceptors (Lipinski definition) is 4. The molecule has 1 amide bonds. The molecular weight excluding hydrogens is 334 g/mol. The van der Waals surface area contributed by atoms with Gasteiger partial charge in [0.25, 0.3) is 5.91 Å². The first-order valence-corrected chi connectivity index (χ1v) is 8.17. The third kappa shape index (κ3) is 3.65. The second-order valence-electron chi connectivity index (χ2n) is 5.04. The first kappa shape index (κ1) is 16.3. The molecule has 1 N–H and O–H groups in total. The second-order valence-corrected chi connectivity index (χ2v) is 5.90. The van der Waals surface area contributed by atoms with Gasteiger partial charge in [-0.2, -0.15) is 0 Å². The van der Waals surface area contributed by atoms with Gasteiger partial charge < -0.3 is 9.88 Å². The Morgan fingerprint density at radius 1 is 1.29 bits per heavy atom. The molecule has 124 valence electrons. The molecule has 0 atom stereocenters. The van der Waals surface area contributed by atoms with Crippen LogP contribution in [0.2, 0.25) is 0 Å². The zero-order valence-corrected chi connectivity index (χ0v) is 13.4. The molecule has 2 heterocycles. The van der Waals surface area contributed by atoms with E-state index in [0.29, 0.717) is 6.54 Å². The molecule has 0 saturated carbocycles. The average molecular weight is 348 g/mol. The number of aryl methyl sites for hydroxylation is 1. The summed E-state index contributed by atoms with van der Waals surface area (Å²) in [6.45, 7) is 1.21. The number of thiazole rings is 1. The predicted octanol–water partition coefficient (Wildman–Crippen LogP) is 3.10. The van der Waals surface area contributed by atoms with Crippen molar-refractivity contribution >= 4 is 17.2 Å². The zero-order valence-electron chi connectivity index (χ0n) is 12.6. The summed E-state index contributed by atoms with van der Waals surface area (Å²) >= 11 is 1.03. The van der Waals surface area contributed by atoms with Crippen LogP contribution >= 0.6 is 11.3 Å². The molecule has 0 radical (unpaired) electrons. The number of carbonyl (C=O) groups excluding carboxylic acids is 1. The molecule has 0 bridgehead atoms. The molecular formula is C16H14F2N4OS. The number of rotatable bonds is 6. The van der Waals surface area contributed by atoms with E-state index in [2.05, 4.69) is 15.3 Å². The Labute approximate surface area is 141 Å². The van der Waals surface area contributed by atoms with E-state index >= 15 is 0 Å². The van der Waals surface area contributed by atoms with E-state index in [1.165, 1.54) is 11.4 Å². The van der Waals surface area contributed by atoms with Crippen LogP contribution < -0.4 is 5.32 Å². The van der Waals surface area contributed by atoms with Crippen LogP contribution in [0.25, 0.3) is 10.6 Å². The second kappa shape index (κ2) is 7.31. The molecule has 0 aliphatic rings. The summed E-state index contributed by atoms with van der Waals surface area (Å²) in [4.78, 5) is 20.0. The standard InChI is InChI=1S/C16H14F2N4OS/c17-11-3-1-4-12(18)14(11)16-21-13(9-24-16)15(23)20-5-2-7-22-8-6-19-10-22/h1,3-4,6,8-10H,2,5,7H2,(H,20,23). The highest BCUT2D eigenvalue weighted by Crippen LogP contribution is 2.28. The number of halogens is 2. The maximum Gasteiger partial charge on any atom is 0.270 e. The van der Waals surface area contributed by atoms with Crippen LogP contribution in [-0.2, 0) is 6.54 Å². The molecule has 0 saturated heterocycles. The van der Waals surface area contributed by atoms with Crippen LogP contribution in [0.15, 0.2) is 42.3 Å². The van der Waals surface area contributed by atoms with Gasteiger partial charge in [0.1, 0.15) is 22.3 Å². The fraction of sp³-hybridized carbons (Fsp3) is 0.188. The first-order chi connectivity index (χ1) is 11.6. The molecule has 1 aromatic carbocycles. The van der Waals surface area contributed by atoms with Gasteiger partial charge in [0.15, 0.2) is 0 Å². The summed E-state index contributed by atoms with van der Waals surface area (Å²) in [5, 5.41) is 4.38. The van der Waals surface area contributed by atoms with Crippen molar-refractivity contribution in [2.75, 3.05) is 6.54 Å². The summed E-state index contributed by atoms with van der Waals surface area (Å²) < 4.78 is 29.4. The highest BCUT2D eigenvalue weighted by molar-refractivity contribution is 7.13. The smallest absolute Gasteiger partial charge is 0.270 e. The Bertz CT molecular complexity index is 812. The van der Waals surface area contributed by atoms with Crippen molar-refractivity contribution in [3.63, 3.8) is 0 Å². The fourth-order valence-corrected chi connectivity index (χ4v) is 3.02. The SMILES string of the molecule is O=C(NCCCn1ccnc1)c1csc(-c2c(F)cccc2F)n1. The van der Waals surface area contributed by atoms with Crippen molar-refractivity contribution in [1.82, 2.24) is 19.9 Å². The highest BCUT2D eigenvalue weighted by Gasteiger charge is 2.17. The highest BCUT2D eigenvalue weighted by atomic mass is 32.1. The maximum absolute atomic E-state index is 13.7. The van der Waals surface area contributed by atoms with Crippen molar-refractivity contribution in [3.05, 3.63) is 59.6 Å². The van der Waals surface area contributed by atoms with Crippen LogP contribution in [0, 0.1) is 11.6 Å². The molecule has 0 fully saturated rings. The lowest BCUT2D eigenvalue weighted by Gasteiger charge is -2.04. The van der Waals surface area contributed by atoms with E-state index in [1.54, 1.807) is 12.5 Å². The van der Waals surface area contributed by atoms with Gasteiger partial charge in [0, 0.05) is 30.9 Å². The number of nitrogens with zero attached hydrogens (tertiary/aromatic N) is 3. The number of amides is 1. The molecule has 3 aromatic rings. The number of carbonyl (C=O) groups is 1. The van der Waals surface area contributed by atoms with Crippen molar-refractivity contribution < 1.29 is 13.6 Å². The van der Waals surface area contributed by atoms with E-state index in [-0.39, 0.29) is 22.2 Å². The average Bonchev–Trinajstić information content (AvgIpc) is 3.23. The maximum atomic E-state index is 13.7. The lowest BCUT2D eigenvalue weighted by atomic mass is 10.2. The topological polar surface area (TPSA) is 59.8 Å². The normalized spacial score (nSPS) is 10.8. The molecule has 3 rings (SSSR count).